The molecule has 504 valence electrons. The van der Waals surface area contributed by atoms with Crippen LogP contribution in [0.4, 0.5) is 4.79 Å². The maximum atomic E-state index is 14.1. The fourth-order valence-corrected chi connectivity index (χ4v) is 9.61. The average Bonchev–Trinajstić information content (AvgIpc) is 3.69. The molecule has 0 fully saturated rings. The molecule has 24 N–H and O–H groups in total. The number of primary amides is 2. The molecule has 0 saturated heterocycles. The lowest BCUT2D eigenvalue weighted by atomic mass is 10.00. The van der Waals surface area contributed by atoms with Gasteiger partial charge in [-0.25, -0.2) is 4.79 Å². The number of guanidine groups is 2. The second-order valence-electron chi connectivity index (χ2n) is 21.4. The zero-order chi connectivity index (χ0) is 66.5. The van der Waals surface area contributed by atoms with Crippen LogP contribution < -0.4 is 92.9 Å². The van der Waals surface area contributed by atoms with Crippen molar-refractivity contribution in [3.05, 3.63) is 29.8 Å². The summed E-state index contributed by atoms with van der Waals surface area (Å²) in [6, 6.07) is -1.30. The van der Waals surface area contributed by atoms with Crippen molar-refractivity contribution in [2.75, 3.05) is 75.9 Å². The van der Waals surface area contributed by atoms with E-state index in [1.165, 1.54) is 23.9 Å². The van der Waals surface area contributed by atoms with Crippen LogP contribution in [0.2, 0.25) is 0 Å². The van der Waals surface area contributed by atoms with Gasteiger partial charge in [0.1, 0.15) is 36.0 Å². The van der Waals surface area contributed by atoms with E-state index >= 15 is 0 Å². The van der Waals surface area contributed by atoms with Gasteiger partial charge in [-0.05, 0) is 132 Å². The number of aliphatic imine (C=N–C) groups is 2. The number of urea groups is 1. The van der Waals surface area contributed by atoms with Crippen molar-refractivity contribution in [2.24, 2.45) is 50.3 Å². The number of nitrogens with two attached hydrogens (primary N) is 6. The summed E-state index contributed by atoms with van der Waals surface area (Å²) in [5, 5.41) is 40.9. The fourth-order valence-electron chi connectivity index (χ4n) is 8.57. The normalized spacial score (nSPS) is 13.3. The number of phenols is 1. The van der Waals surface area contributed by atoms with Crippen molar-refractivity contribution in [2.45, 2.75) is 159 Å². The summed E-state index contributed by atoms with van der Waals surface area (Å²) >= 11 is 9.80. The molecule has 0 aliphatic rings. The van der Waals surface area contributed by atoms with Gasteiger partial charge in [-0.2, -0.15) is 37.0 Å². The molecular weight excluding hydrogens is 1210 g/mol. The Morgan fingerprint density at radius 2 is 0.910 bits per heavy atom. The first-order valence-electron chi connectivity index (χ1n) is 30.1. The Labute approximate surface area is 537 Å². The Morgan fingerprint density at radius 1 is 0.483 bits per heavy atom. The summed E-state index contributed by atoms with van der Waals surface area (Å²) in [5.41, 5.74) is 33.0. The maximum absolute atomic E-state index is 14.1. The highest BCUT2D eigenvalue weighted by molar-refractivity contribution is 7.98. The predicted octanol–water partition coefficient (Wildman–Crippen LogP) is -2.95. The molecule has 0 heterocycles. The van der Waals surface area contributed by atoms with Gasteiger partial charge in [-0.3, -0.25) is 53.1 Å². The number of hydrogen-bond donors (Lipinski definition) is 20. The number of rotatable bonds is 50. The molecule has 0 bridgehead atoms. The van der Waals surface area contributed by atoms with E-state index in [0.717, 1.165) is 6.42 Å². The van der Waals surface area contributed by atoms with E-state index in [2.05, 4.69) is 93.7 Å². The second-order valence-corrected chi connectivity index (χ2v) is 23.1. The molecule has 0 unspecified atom stereocenters. The Morgan fingerprint density at radius 3 is 1.39 bits per heavy atom. The number of amides is 11. The van der Waals surface area contributed by atoms with Gasteiger partial charge in [-0.15, -0.1) is 0 Å². The lowest BCUT2D eigenvalue weighted by molar-refractivity contribution is -0.133. The van der Waals surface area contributed by atoms with E-state index in [9.17, 15) is 53.1 Å². The molecule has 30 nitrogen and oxygen atoms in total. The Bertz CT molecular complexity index is 2390. The van der Waals surface area contributed by atoms with Gasteiger partial charge in [-0.1, -0.05) is 26.0 Å². The molecule has 1 rings (SSSR count). The SMILES string of the molecule is CSCC[C@H](NC(=O)[C@H](CS)NC(=O)[C@@H](CCCN=C(N)N)NC(N)=O)C(=O)NCCCCC(=O)NCCCCN[C@@H](CCCN=C(N)N)C(=O)N[C@H](C(=O)N[C@@H](Cc1ccc(O)cc1)C(=O)NCCCCC(=O)NCCCCN[C@@H](CS)C(N)=O)C(C)C. The van der Waals surface area contributed by atoms with Crippen molar-refractivity contribution >= 4 is 108 Å². The third-order valence-corrected chi connectivity index (χ3v) is 14.9. The third-order valence-electron chi connectivity index (χ3n) is 13.6. The minimum Gasteiger partial charge on any atom is -0.508 e. The van der Waals surface area contributed by atoms with Crippen LogP contribution in [-0.2, 0) is 49.6 Å². The van der Waals surface area contributed by atoms with Gasteiger partial charge in [0.25, 0.3) is 0 Å². The molecule has 1 aromatic rings. The number of carbonyl (C=O) groups is 10. The number of carbonyl (C=O) groups excluding carboxylic acids is 10. The molecule has 33 heteroatoms. The van der Waals surface area contributed by atoms with Crippen LogP contribution >= 0.6 is 37.0 Å². The van der Waals surface area contributed by atoms with E-state index in [0.29, 0.717) is 107 Å². The number of thioether (sulfide) groups is 1. The first kappa shape index (κ1) is 80.0. The van der Waals surface area contributed by atoms with Crippen LogP contribution in [0.25, 0.3) is 0 Å². The fraction of sp³-hybridized carbons (Fsp3) is 0.679. The first-order valence-corrected chi connectivity index (χ1v) is 32.8. The van der Waals surface area contributed by atoms with E-state index in [-0.39, 0.29) is 93.5 Å². The zero-order valence-electron chi connectivity index (χ0n) is 51.7. The molecule has 0 saturated carbocycles. The van der Waals surface area contributed by atoms with E-state index in [1.54, 1.807) is 26.0 Å². The molecule has 1 aromatic carbocycles. The summed E-state index contributed by atoms with van der Waals surface area (Å²) in [6.45, 7) is 6.18. The number of phenolic OH excluding ortho intramolecular Hbond substituents is 1. The predicted molar refractivity (Wildman–Crippen MR) is 352 cm³/mol. The minimum atomic E-state index is -1.16. The molecule has 0 spiro atoms. The Hall–Kier alpha value is -6.97. The van der Waals surface area contributed by atoms with Crippen molar-refractivity contribution in [1.82, 2.24) is 58.5 Å². The minimum absolute atomic E-state index is 0.0276. The van der Waals surface area contributed by atoms with Crippen LogP contribution in [0.1, 0.15) is 116 Å². The van der Waals surface area contributed by atoms with Gasteiger partial charge < -0.3 is 98.0 Å². The number of hydrogen-bond acceptors (Lipinski definition) is 18. The first-order chi connectivity index (χ1) is 42.4. The lowest BCUT2D eigenvalue weighted by Gasteiger charge is -2.27. The van der Waals surface area contributed by atoms with Crippen molar-refractivity contribution in [1.29, 1.82) is 0 Å². The largest absolute Gasteiger partial charge is 0.508 e. The van der Waals surface area contributed by atoms with Crippen molar-refractivity contribution in [3.63, 3.8) is 0 Å². The molecule has 0 radical (unpaired) electrons. The van der Waals surface area contributed by atoms with Gasteiger partial charge in [0.15, 0.2) is 11.9 Å². The topological polar surface area (TPSA) is 504 Å². The summed E-state index contributed by atoms with van der Waals surface area (Å²) in [7, 11) is 0. The maximum Gasteiger partial charge on any atom is 0.312 e. The smallest absolute Gasteiger partial charge is 0.312 e. The Kier molecular flexibility index (Phi) is 43.1. The number of nitrogens with one attached hydrogen (secondary N) is 11. The highest BCUT2D eigenvalue weighted by Crippen LogP contribution is 2.14. The average molecular weight is 1310 g/mol. The highest BCUT2D eigenvalue weighted by Gasteiger charge is 2.32. The van der Waals surface area contributed by atoms with E-state index in [4.69, 9.17) is 34.4 Å². The third kappa shape index (κ3) is 38.2. The number of benzene rings is 1. The highest BCUT2D eigenvalue weighted by atomic mass is 32.2. The molecule has 0 aliphatic carbocycles. The van der Waals surface area contributed by atoms with Crippen molar-refractivity contribution in [3.8, 4) is 5.75 Å². The molecule has 89 heavy (non-hydrogen) atoms. The van der Waals surface area contributed by atoms with Crippen LogP contribution in [0.5, 0.6) is 5.75 Å². The molecule has 7 atom stereocenters. The number of unbranched alkanes of at least 4 members (excludes halogenated alkanes) is 4. The van der Waals surface area contributed by atoms with E-state index in [1.807, 2.05) is 6.26 Å². The molecule has 0 aromatic heterocycles. The molecule has 11 amide bonds. The van der Waals surface area contributed by atoms with Crippen LogP contribution in [0.3, 0.4) is 0 Å². The zero-order valence-corrected chi connectivity index (χ0v) is 54.3. The molecular formula is C56H101N19O11S3. The summed E-state index contributed by atoms with van der Waals surface area (Å²) < 4.78 is 0. The summed E-state index contributed by atoms with van der Waals surface area (Å²) in [4.78, 5) is 137. The van der Waals surface area contributed by atoms with E-state index < -0.39 is 95.6 Å². The van der Waals surface area contributed by atoms with Gasteiger partial charge in [0.05, 0.1) is 12.1 Å². The number of thiol groups is 2. The quantitative estimate of drug-likeness (QED) is 0.0134. The standard InChI is InChI=1S/C56H101N19O11S3/c1-35(2)46(53(85)72-41(32-36-18-20-37(76)21-19-36)49(81)68-28-7-5-17-45(78)66-26-11-9-24-64-42(33-87)47(57)79)75-50(82)38(14-12-29-69-54(58)59)63-23-8-10-25-65-44(77)16-4-6-27-67-48(80)40(22-31-89-3)71-52(84)43(34-88)73-51(83)39(74-56(62)86)15-13-30-70-55(60)61/h18-21,35,38-43,46,63-64,76,87-88H,4-17,22-34H2,1-3H3,(H2,57,79)(H,65,77)(H,66,78)(H,67,80)(H,68,81)(H,71,84)(H,72,85)(H,73,83)(H,75,82)(H4,58,59,69)(H4,60,61,70)(H3,62,74,86)/t38-,39+,40-,41-,42-,43-,46-/m0/s1. The van der Waals surface area contributed by atoms with Crippen LogP contribution in [0.15, 0.2) is 34.3 Å². The number of nitrogens with zero attached hydrogens (tertiary/aromatic N) is 2. The lowest BCUT2D eigenvalue weighted by Crippen LogP contribution is -2.58. The van der Waals surface area contributed by atoms with Gasteiger partial charge in [0.2, 0.25) is 53.2 Å². The molecule has 0 aliphatic heterocycles. The monoisotopic (exact) mass is 1310 g/mol. The Balaban J connectivity index is 2.77. The summed E-state index contributed by atoms with van der Waals surface area (Å²) in [6.07, 6.45) is 8.28. The summed E-state index contributed by atoms with van der Waals surface area (Å²) in [5.74, 6) is -4.00. The van der Waals surface area contributed by atoms with Crippen LogP contribution in [0, 0.1) is 5.92 Å². The second kappa shape index (κ2) is 48.0. The van der Waals surface area contributed by atoms with Crippen molar-refractivity contribution < 1.29 is 53.1 Å². The number of aromatic hydroxyl groups is 1. The van der Waals surface area contributed by atoms with Gasteiger partial charge >= 0.3 is 6.03 Å². The van der Waals surface area contributed by atoms with Gasteiger partial charge in [0, 0.05) is 70.0 Å². The van der Waals surface area contributed by atoms with Crippen LogP contribution in [-0.4, -0.2) is 194 Å².